The molecule has 0 aliphatic carbocycles. The van der Waals surface area contributed by atoms with Crippen LogP contribution in [-0.4, -0.2) is 13.2 Å². The van der Waals surface area contributed by atoms with Gasteiger partial charge in [0, 0.05) is 0 Å². The molecule has 0 radical (unpaired) electrons. The Morgan fingerprint density at radius 3 is 2.62 bits per heavy atom. The molecule has 0 bridgehead atoms. The second-order valence-electron chi connectivity index (χ2n) is 5.38. The molecule has 124 valence electrons. The van der Waals surface area contributed by atoms with Gasteiger partial charge in [0.2, 0.25) is 0 Å². The van der Waals surface area contributed by atoms with Crippen LogP contribution in [0, 0.1) is 17.1 Å². The SMILES string of the molecule is COc1cc(/C=C(/C#N)c2cccc(F)c2)cc(Cl)c1OC(C)C. The highest BCUT2D eigenvalue weighted by molar-refractivity contribution is 6.32. The fourth-order valence-electron chi connectivity index (χ4n) is 2.18. The van der Waals surface area contributed by atoms with E-state index in [9.17, 15) is 9.65 Å². The zero-order valence-electron chi connectivity index (χ0n) is 13.6. The lowest BCUT2D eigenvalue weighted by molar-refractivity contribution is 0.230. The van der Waals surface area contributed by atoms with Crippen molar-refractivity contribution in [2.45, 2.75) is 20.0 Å². The number of ether oxygens (including phenoxy) is 2. The number of hydrogen-bond donors (Lipinski definition) is 0. The standard InChI is InChI=1S/C19H17ClFNO2/c1-12(2)24-19-17(20)8-13(9-18(19)23-3)7-15(11-22)14-5-4-6-16(21)10-14/h4-10,12H,1-3H3/b15-7-. The molecule has 0 heterocycles. The third-order valence-electron chi connectivity index (χ3n) is 3.17. The van der Waals surface area contributed by atoms with E-state index < -0.39 is 5.82 Å². The van der Waals surface area contributed by atoms with Gasteiger partial charge < -0.3 is 9.47 Å². The summed E-state index contributed by atoms with van der Waals surface area (Å²) in [6, 6.07) is 11.4. The Morgan fingerprint density at radius 2 is 2.04 bits per heavy atom. The molecule has 0 saturated heterocycles. The van der Waals surface area contributed by atoms with Gasteiger partial charge >= 0.3 is 0 Å². The van der Waals surface area contributed by atoms with Crippen molar-refractivity contribution in [2.24, 2.45) is 0 Å². The summed E-state index contributed by atoms with van der Waals surface area (Å²) in [5.74, 6) is 0.527. The predicted octanol–water partition coefficient (Wildman–Crippen LogP) is 5.34. The molecule has 2 aromatic rings. The molecule has 0 atom stereocenters. The summed E-state index contributed by atoms with van der Waals surface area (Å²) in [5, 5.41) is 9.75. The quantitative estimate of drug-likeness (QED) is 0.542. The molecule has 0 N–H and O–H groups in total. The summed E-state index contributed by atoms with van der Waals surface area (Å²) in [7, 11) is 1.52. The van der Waals surface area contributed by atoms with E-state index in [1.807, 2.05) is 13.8 Å². The van der Waals surface area contributed by atoms with Crippen molar-refractivity contribution in [2.75, 3.05) is 7.11 Å². The highest BCUT2D eigenvalue weighted by atomic mass is 35.5. The first-order valence-corrected chi connectivity index (χ1v) is 7.74. The fraction of sp³-hybridized carbons (Fsp3) is 0.211. The van der Waals surface area contributed by atoms with Crippen LogP contribution in [0.15, 0.2) is 36.4 Å². The normalized spacial score (nSPS) is 11.3. The van der Waals surface area contributed by atoms with Crippen LogP contribution in [0.4, 0.5) is 4.39 Å². The molecule has 3 nitrogen and oxygen atoms in total. The largest absolute Gasteiger partial charge is 0.493 e. The molecule has 2 rings (SSSR count). The number of hydrogen-bond acceptors (Lipinski definition) is 3. The number of nitrogens with zero attached hydrogens (tertiary/aromatic N) is 1. The molecule has 2 aromatic carbocycles. The smallest absolute Gasteiger partial charge is 0.180 e. The number of benzene rings is 2. The van der Waals surface area contributed by atoms with Crippen molar-refractivity contribution < 1.29 is 13.9 Å². The van der Waals surface area contributed by atoms with E-state index in [4.69, 9.17) is 21.1 Å². The molecule has 0 aliphatic rings. The molecular formula is C19H17ClFNO2. The predicted molar refractivity (Wildman–Crippen MR) is 93.7 cm³/mol. The number of nitriles is 1. The van der Waals surface area contributed by atoms with E-state index in [1.165, 1.54) is 19.2 Å². The molecule has 0 aromatic heterocycles. The molecule has 0 spiro atoms. The fourth-order valence-corrected chi connectivity index (χ4v) is 2.44. The maximum absolute atomic E-state index is 13.4. The van der Waals surface area contributed by atoms with Crippen molar-refractivity contribution in [3.63, 3.8) is 0 Å². The average Bonchev–Trinajstić information content (AvgIpc) is 2.54. The van der Waals surface area contributed by atoms with Gasteiger partial charge in [-0.15, -0.1) is 0 Å². The van der Waals surface area contributed by atoms with Crippen molar-refractivity contribution in [3.8, 4) is 17.6 Å². The first-order valence-electron chi connectivity index (χ1n) is 7.36. The number of allylic oxidation sites excluding steroid dienone is 1. The monoisotopic (exact) mass is 345 g/mol. The summed E-state index contributed by atoms with van der Waals surface area (Å²) in [5.41, 5.74) is 1.48. The minimum absolute atomic E-state index is 0.0558. The molecule has 0 amide bonds. The molecule has 0 aliphatic heterocycles. The minimum atomic E-state index is -0.398. The van der Waals surface area contributed by atoms with Crippen LogP contribution in [0.25, 0.3) is 11.6 Å². The van der Waals surface area contributed by atoms with Gasteiger partial charge in [-0.3, -0.25) is 0 Å². The summed E-state index contributed by atoms with van der Waals surface area (Å²) >= 11 is 6.28. The van der Waals surface area contributed by atoms with E-state index >= 15 is 0 Å². The lowest BCUT2D eigenvalue weighted by Gasteiger charge is -2.15. The van der Waals surface area contributed by atoms with Gasteiger partial charge in [-0.05, 0) is 55.3 Å². The Bertz CT molecular complexity index is 809. The zero-order valence-corrected chi connectivity index (χ0v) is 14.4. The van der Waals surface area contributed by atoms with Gasteiger partial charge in [-0.2, -0.15) is 5.26 Å². The Morgan fingerprint density at radius 1 is 1.29 bits per heavy atom. The number of methoxy groups -OCH3 is 1. The van der Waals surface area contributed by atoms with Crippen LogP contribution in [-0.2, 0) is 0 Å². The number of halogens is 2. The Hall–Kier alpha value is -2.51. The summed E-state index contributed by atoms with van der Waals surface area (Å²) < 4.78 is 24.4. The van der Waals surface area contributed by atoms with Crippen LogP contribution in [0.2, 0.25) is 5.02 Å². The minimum Gasteiger partial charge on any atom is -0.493 e. The number of rotatable bonds is 5. The van der Waals surface area contributed by atoms with Gasteiger partial charge in [0.05, 0.1) is 29.9 Å². The van der Waals surface area contributed by atoms with Gasteiger partial charge in [0.25, 0.3) is 0 Å². The highest BCUT2D eigenvalue weighted by Crippen LogP contribution is 2.38. The van der Waals surface area contributed by atoms with Gasteiger partial charge in [-0.1, -0.05) is 23.7 Å². The lowest BCUT2D eigenvalue weighted by atomic mass is 10.0. The molecule has 0 unspecified atom stereocenters. The van der Waals surface area contributed by atoms with E-state index in [-0.39, 0.29) is 6.10 Å². The van der Waals surface area contributed by atoms with E-state index in [1.54, 1.807) is 30.3 Å². The van der Waals surface area contributed by atoms with Crippen molar-refractivity contribution in [1.82, 2.24) is 0 Å². The Balaban J connectivity index is 2.48. The molecule has 0 fully saturated rings. The molecular weight excluding hydrogens is 329 g/mol. The summed E-state index contributed by atoms with van der Waals surface area (Å²) in [4.78, 5) is 0. The topological polar surface area (TPSA) is 42.2 Å². The second-order valence-corrected chi connectivity index (χ2v) is 5.79. The van der Waals surface area contributed by atoms with Crippen molar-refractivity contribution in [3.05, 3.63) is 58.4 Å². The van der Waals surface area contributed by atoms with Crippen LogP contribution < -0.4 is 9.47 Å². The van der Waals surface area contributed by atoms with Crippen LogP contribution in [0.3, 0.4) is 0 Å². The maximum atomic E-state index is 13.4. The summed E-state index contributed by atoms with van der Waals surface area (Å²) in [6.07, 6.45) is 1.57. The average molecular weight is 346 g/mol. The van der Waals surface area contributed by atoms with Crippen molar-refractivity contribution >= 4 is 23.3 Å². The third-order valence-corrected chi connectivity index (χ3v) is 3.45. The van der Waals surface area contributed by atoms with Gasteiger partial charge in [0.15, 0.2) is 11.5 Å². The third kappa shape index (κ3) is 4.27. The molecule has 0 saturated carbocycles. The lowest BCUT2D eigenvalue weighted by Crippen LogP contribution is -2.07. The maximum Gasteiger partial charge on any atom is 0.180 e. The Kier molecular flexibility index (Phi) is 5.83. The highest BCUT2D eigenvalue weighted by Gasteiger charge is 2.13. The van der Waals surface area contributed by atoms with E-state index in [2.05, 4.69) is 6.07 Å². The summed E-state index contributed by atoms with van der Waals surface area (Å²) in [6.45, 7) is 3.78. The first-order chi connectivity index (χ1) is 11.4. The van der Waals surface area contributed by atoms with Gasteiger partial charge in [-0.25, -0.2) is 4.39 Å². The Labute approximate surface area is 145 Å². The van der Waals surface area contributed by atoms with Crippen LogP contribution >= 0.6 is 11.6 Å². The zero-order chi connectivity index (χ0) is 17.7. The van der Waals surface area contributed by atoms with E-state index in [0.717, 1.165) is 0 Å². The van der Waals surface area contributed by atoms with Crippen molar-refractivity contribution in [1.29, 1.82) is 5.26 Å². The van der Waals surface area contributed by atoms with Gasteiger partial charge in [0.1, 0.15) is 5.82 Å². The van der Waals surface area contributed by atoms with Crippen LogP contribution in [0.5, 0.6) is 11.5 Å². The molecule has 5 heteroatoms. The van der Waals surface area contributed by atoms with E-state index in [0.29, 0.717) is 33.2 Å². The van der Waals surface area contributed by atoms with Crippen LogP contribution in [0.1, 0.15) is 25.0 Å². The first kappa shape index (κ1) is 17.8. The second kappa shape index (κ2) is 7.85. The molecule has 24 heavy (non-hydrogen) atoms.